The summed E-state index contributed by atoms with van der Waals surface area (Å²) in [6, 6.07) is 11.5. The van der Waals surface area contributed by atoms with Crippen molar-refractivity contribution in [3.63, 3.8) is 0 Å². The van der Waals surface area contributed by atoms with Crippen LogP contribution in [0.4, 0.5) is 35.1 Å². The Labute approximate surface area is 365 Å². The van der Waals surface area contributed by atoms with Gasteiger partial charge in [-0.05, 0) is 95.3 Å². The van der Waals surface area contributed by atoms with Crippen LogP contribution < -0.4 is 5.32 Å². The molecule has 344 valence electrons. The van der Waals surface area contributed by atoms with Gasteiger partial charge in [0, 0.05) is 50.4 Å². The zero-order chi connectivity index (χ0) is 47.4. The third-order valence-electron chi connectivity index (χ3n) is 11.0. The Bertz CT molecular complexity index is 2770. The van der Waals surface area contributed by atoms with Gasteiger partial charge in [-0.2, -0.15) is 36.5 Å². The highest BCUT2D eigenvalue weighted by Crippen LogP contribution is 2.36. The monoisotopic (exact) mass is 914 g/mol. The predicted octanol–water partition coefficient (Wildman–Crippen LogP) is 6.38. The fourth-order valence-corrected chi connectivity index (χ4v) is 7.72. The van der Waals surface area contributed by atoms with E-state index in [2.05, 4.69) is 25.5 Å². The summed E-state index contributed by atoms with van der Waals surface area (Å²) in [5.74, 6) is -2.58. The quantitative estimate of drug-likeness (QED) is 0.188. The number of imidazole rings is 2. The molecule has 0 bridgehead atoms. The summed E-state index contributed by atoms with van der Waals surface area (Å²) < 4.78 is 111. The Morgan fingerprint density at radius 1 is 0.677 bits per heavy atom. The Kier molecular flexibility index (Phi) is 12.2. The average molecular weight is 915 g/mol. The topological polar surface area (TPSA) is 154 Å². The second kappa shape index (κ2) is 17.1. The summed E-state index contributed by atoms with van der Waals surface area (Å²) in [5, 5.41) is 21.1. The van der Waals surface area contributed by atoms with E-state index in [1.54, 1.807) is 18.7 Å². The number of aliphatic hydroxyl groups excluding tert-OH is 1. The standard InChI is InChI=1S/C23H23F4N5O3.C20H19F4N5O/c1-13(33)20(34)30-8-9-31(22(2,3)12-30)21(35)18-11-32-19(28-18)16(23(25,26)27)10-17(29-32)14-4-6-15(24)7-5-14;1-19(2)11-25-7-8-28(19)18(30)16-10-29-17(26-16)14(20(22,23)24)9-15(27-29)12-3-5-13(21)6-4-12/h4-7,10-11,13,33H,8-9,12H2,1-3H3;3-6,9-10,25H,7-8,11H2,1-2H3/t13-;/m0./s1. The van der Waals surface area contributed by atoms with Crippen LogP contribution in [0.25, 0.3) is 33.8 Å². The van der Waals surface area contributed by atoms with Crippen LogP contribution in [0.1, 0.15) is 66.7 Å². The molecule has 6 heterocycles. The molecule has 2 aliphatic heterocycles. The van der Waals surface area contributed by atoms with Gasteiger partial charge in [-0.25, -0.2) is 27.8 Å². The first-order valence-corrected chi connectivity index (χ1v) is 20.1. The number of amides is 3. The number of hydrogen-bond donors (Lipinski definition) is 2. The number of carbonyl (C=O) groups excluding carboxylic acids is 3. The molecule has 3 amide bonds. The van der Waals surface area contributed by atoms with Gasteiger partial charge in [0.2, 0.25) is 0 Å². The van der Waals surface area contributed by atoms with Crippen LogP contribution in [0.5, 0.6) is 0 Å². The number of carbonyl (C=O) groups is 3. The molecule has 65 heavy (non-hydrogen) atoms. The summed E-state index contributed by atoms with van der Waals surface area (Å²) in [5.41, 5.74) is -4.30. The van der Waals surface area contributed by atoms with Crippen molar-refractivity contribution in [2.24, 2.45) is 0 Å². The van der Waals surface area contributed by atoms with Crippen LogP contribution in [0.2, 0.25) is 0 Å². The Hall–Kier alpha value is -6.55. The first-order valence-electron chi connectivity index (χ1n) is 20.1. The predicted molar refractivity (Wildman–Crippen MR) is 218 cm³/mol. The van der Waals surface area contributed by atoms with Crippen LogP contribution in [0.15, 0.2) is 73.1 Å². The molecule has 0 saturated carbocycles. The molecule has 6 aromatic rings. The minimum absolute atomic E-state index is 0.00581. The summed E-state index contributed by atoms with van der Waals surface area (Å²) in [6.45, 7) is 10.5. The number of hydrogen-bond acceptors (Lipinski definition) is 9. The molecule has 8 rings (SSSR count). The number of nitrogens with zero attached hydrogens (tertiary/aromatic N) is 9. The van der Waals surface area contributed by atoms with Crippen molar-refractivity contribution in [1.29, 1.82) is 0 Å². The number of rotatable bonds is 5. The summed E-state index contributed by atoms with van der Waals surface area (Å²) >= 11 is 0. The number of aromatic nitrogens is 6. The maximum absolute atomic E-state index is 13.9. The van der Waals surface area contributed by atoms with Gasteiger partial charge in [0.15, 0.2) is 11.3 Å². The lowest BCUT2D eigenvalue weighted by Gasteiger charge is -2.47. The summed E-state index contributed by atoms with van der Waals surface area (Å²) in [6.07, 6.45) is -8.34. The molecule has 4 aromatic heterocycles. The minimum atomic E-state index is -4.78. The van der Waals surface area contributed by atoms with E-state index in [0.717, 1.165) is 51.6 Å². The Balaban J connectivity index is 0.000000196. The van der Waals surface area contributed by atoms with Gasteiger partial charge >= 0.3 is 12.4 Å². The fourth-order valence-electron chi connectivity index (χ4n) is 7.72. The first kappa shape index (κ1) is 46.4. The zero-order valence-electron chi connectivity index (χ0n) is 35.5. The molecule has 2 aliphatic rings. The van der Waals surface area contributed by atoms with Crippen molar-refractivity contribution in [1.82, 2.24) is 49.2 Å². The van der Waals surface area contributed by atoms with E-state index in [1.807, 2.05) is 13.8 Å². The second-order valence-electron chi connectivity index (χ2n) is 16.8. The van der Waals surface area contributed by atoms with Crippen LogP contribution in [-0.2, 0) is 17.1 Å². The van der Waals surface area contributed by atoms with Crippen molar-refractivity contribution in [3.8, 4) is 22.5 Å². The van der Waals surface area contributed by atoms with Crippen LogP contribution in [-0.4, -0.2) is 123 Å². The largest absolute Gasteiger partial charge is 0.420 e. The lowest BCUT2D eigenvalue weighted by molar-refractivity contribution is -0.143. The average Bonchev–Trinajstić information content (AvgIpc) is 3.87. The molecule has 0 aliphatic carbocycles. The van der Waals surface area contributed by atoms with Crippen molar-refractivity contribution >= 4 is 29.0 Å². The van der Waals surface area contributed by atoms with Crippen molar-refractivity contribution in [3.05, 3.63) is 107 Å². The van der Waals surface area contributed by atoms with Gasteiger partial charge in [-0.3, -0.25) is 14.4 Å². The van der Waals surface area contributed by atoms with Crippen molar-refractivity contribution in [2.75, 3.05) is 39.3 Å². The molecule has 2 saturated heterocycles. The summed E-state index contributed by atoms with van der Waals surface area (Å²) in [7, 11) is 0. The highest BCUT2D eigenvalue weighted by molar-refractivity contribution is 5.94. The maximum atomic E-state index is 13.9. The molecule has 2 aromatic carbocycles. The van der Waals surface area contributed by atoms with Gasteiger partial charge in [0.25, 0.3) is 17.7 Å². The number of fused-ring (bicyclic) bond motifs is 2. The van der Waals surface area contributed by atoms with E-state index in [4.69, 9.17) is 0 Å². The molecule has 0 spiro atoms. The van der Waals surface area contributed by atoms with E-state index in [9.17, 15) is 54.6 Å². The maximum Gasteiger partial charge on any atom is 0.420 e. The summed E-state index contributed by atoms with van der Waals surface area (Å²) in [4.78, 5) is 50.9. The van der Waals surface area contributed by atoms with Gasteiger partial charge in [0.1, 0.15) is 40.3 Å². The number of piperazine rings is 2. The van der Waals surface area contributed by atoms with E-state index >= 15 is 0 Å². The highest BCUT2D eigenvalue weighted by atomic mass is 19.4. The van der Waals surface area contributed by atoms with Crippen molar-refractivity contribution in [2.45, 2.75) is 64.2 Å². The molecule has 0 unspecified atom stereocenters. The van der Waals surface area contributed by atoms with Gasteiger partial charge in [-0.15, -0.1) is 0 Å². The van der Waals surface area contributed by atoms with E-state index in [-0.39, 0.29) is 48.0 Å². The van der Waals surface area contributed by atoms with Gasteiger partial charge < -0.3 is 25.1 Å². The van der Waals surface area contributed by atoms with Crippen LogP contribution >= 0.6 is 0 Å². The third-order valence-corrected chi connectivity index (χ3v) is 11.0. The first-order chi connectivity index (χ1) is 30.3. The molecule has 22 heteroatoms. The number of benzene rings is 2. The van der Waals surface area contributed by atoms with Gasteiger partial charge in [-0.1, -0.05) is 0 Å². The van der Waals surface area contributed by atoms with E-state index in [0.29, 0.717) is 25.2 Å². The molecule has 2 fully saturated rings. The fraction of sp³-hybridized carbons (Fsp3) is 0.372. The number of nitrogens with one attached hydrogen (secondary N) is 1. The Morgan fingerprint density at radius 3 is 1.49 bits per heavy atom. The van der Waals surface area contributed by atoms with Crippen LogP contribution in [0.3, 0.4) is 0 Å². The molecular weight excluding hydrogens is 873 g/mol. The molecule has 14 nitrogen and oxygen atoms in total. The van der Waals surface area contributed by atoms with Gasteiger partial charge in [0.05, 0.1) is 34.9 Å². The lowest BCUT2D eigenvalue weighted by Crippen LogP contribution is -2.63. The van der Waals surface area contributed by atoms with Crippen LogP contribution in [0, 0.1) is 11.6 Å². The third kappa shape index (κ3) is 9.63. The van der Waals surface area contributed by atoms with E-state index in [1.165, 1.54) is 47.2 Å². The highest BCUT2D eigenvalue weighted by Gasteiger charge is 2.42. The smallest absolute Gasteiger partial charge is 0.384 e. The number of halogens is 8. The molecule has 1 atom stereocenters. The normalized spacial score (nSPS) is 16.9. The molecule has 0 radical (unpaired) electrons. The number of aliphatic hydroxyl groups is 1. The Morgan fingerprint density at radius 2 is 1.11 bits per heavy atom. The van der Waals surface area contributed by atoms with Crippen molar-refractivity contribution < 1.29 is 54.6 Å². The zero-order valence-corrected chi connectivity index (χ0v) is 35.5. The minimum Gasteiger partial charge on any atom is -0.384 e. The van der Waals surface area contributed by atoms with E-state index < -0.39 is 81.3 Å². The SMILES string of the molecule is CC1(C)CNCCN1C(=O)c1cn2nc(-c3ccc(F)cc3)cc(C(F)(F)F)c2n1.C[C@H](O)C(=O)N1CCN(C(=O)c2cn3nc(-c4ccc(F)cc4)cc(C(F)(F)F)c3n2)C(C)(C)C1. The lowest BCUT2D eigenvalue weighted by atomic mass is 9.97. The molecule has 2 N–H and O–H groups in total. The molecular formula is C43H42F8N10O4. The number of alkyl halides is 6. The second-order valence-corrected chi connectivity index (χ2v) is 16.8.